The fraction of sp³-hybridized carbons (Fsp3) is 0.250. The Labute approximate surface area is 165 Å². The first kappa shape index (κ1) is 19.8. The van der Waals surface area contributed by atoms with Crippen LogP contribution in [-0.2, 0) is 32.0 Å². The highest BCUT2D eigenvalue weighted by Crippen LogP contribution is 2.24. The summed E-state index contributed by atoms with van der Waals surface area (Å²) in [6.45, 7) is -0.383. The third-order valence-corrected chi connectivity index (χ3v) is 4.83. The fourth-order valence-electron chi connectivity index (χ4n) is 3.07. The van der Waals surface area contributed by atoms with Gasteiger partial charge in [0, 0.05) is 13.0 Å². The van der Waals surface area contributed by atoms with Crippen molar-refractivity contribution in [1.29, 1.82) is 0 Å². The van der Waals surface area contributed by atoms with Crippen LogP contribution in [0.2, 0.25) is 5.02 Å². The molecule has 28 heavy (non-hydrogen) atoms. The summed E-state index contributed by atoms with van der Waals surface area (Å²) in [4.78, 5) is 38.3. The lowest BCUT2D eigenvalue weighted by molar-refractivity contribution is -0.155. The van der Waals surface area contributed by atoms with Crippen molar-refractivity contribution >= 4 is 29.4 Å². The smallest absolute Gasteiger partial charge is 0.340 e. The Morgan fingerprint density at radius 2 is 1.89 bits per heavy atom. The summed E-state index contributed by atoms with van der Waals surface area (Å²) in [6.07, 6.45) is 0.312. The lowest BCUT2D eigenvalue weighted by Crippen LogP contribution is -2.50. The molecule has 146 valence electrons. The normalized spacial score (nSPS) is 15.5. The second kappa shape index (κ2) is 8.39. The molecule has 8 heteroatoms. The highest BCUT2D eigenvalue weighted by Gasteiger charge is 2.35. The molecule has 1 amide bonds. The number of halogens is 2. The molecule has 0 aromatic heterocycles. The first-order valence-electron chi connectivity index (χ1n) is 8.47. The van der Waals surface area contributed by atoms with Crippen molar-refractivity contribution < 1.29 is 28.2 Å². The van der Waals surface area contributed by atoms with Gasteiger partial charge in [0.2, 0.25) is 0 Å². The Bertz CT molecular complexity index is 933. The Balaban J connectivity index is 1.72. The Kier molecular flexibility index (Phi) is 5.94. The van der Waals surface area contributed by atoms with E-state index in [4.69, 9.17) is 21.1 Å². The SMILES string of the molecule is COC(=O)[C@@H]1Cc2ccccc2CN1C(=O)COC(=O)c1ccc(F)cc1Cl. The first-order chi connectivity index (χ1) is 13.4. The Hall–Kier alpha value is -2.93. The predicted molar refractivity (Wildman–Crippen MR) is 98.2 cm³/mol. The van der Waals surface area contributed by atoms with Gasteiger partial charge in [-0.05, 0) is 29.3 Å². The van der Waals surface area contributed by atoms with Gasteiger partial charge in [0.05, 0.1) is 17.7 Å². The molecule has 0 radical (unpaired) electrons. The van der Waals surface area contributed by atoms with Gasteiger partial charge in [-0.1, -0.05) is 35.9 Å². The number of fused-ring (bicyclic) bond motifs is 1. The molecule has 6 nitrogen and oxygen atoms in total. The molecule has 2 aromatic carbocycles. The minimum atomic E-state index is -0.856. The maximum absolute atomic E-state index is 13.1. The molecular weight excluding hydrogens is 389 g/mol. The second-order valence-electron chi connectivity index (χ2n) is 6.23. The molecule has 0 N–H and O–H groups in total. The summed E-state index contributed by atoms with van der Waals surface area (Å²) in [7, 11) is 1.25. The van der Waals surface area contributed by atoms with E-state index in [2.05, 4.69) is 0 Å². The van der Waals surface area contributed by atoms with Gasteiger partial charge >= 0.3 is 11.9 Å². The van der Waals surface area contributed by atoms with Gasteiger partial charge in [0.15, 0.2) is 6.61 Å². The van der Waals surface area contributed by atoms with E-state index in [0.717, 1.165) is 23.3 Å². The van der Waals surface area contributed by atoms with Crippen LogP contribution >= 0.6 is 11.6 Å². The molecule has 1 atom stereocenters. The minimum Gasteiger partial charge on any atom is -0.467 e. The average molecular weight is 406 g/mol. The number of carbonyl (C=O) groups excluding carboxylic acids is 3. The van der Waals surface area contributed by atoms with Gasteiger partial charge < -0.3 is 14.4 Å². The van der Waals surface area contributed by atoms with E-state index in [-0.39, 0.29) is 17.1 Å². The quantitative estimate of drug-likeness (QED) is 0.731. The van der Waals surface area contributed by atoms with Crippen molar-refractivity contribution in [1.82, 2.24) is 4.90 Å². The lowest BCUT2D eigenvalue weighted by atomic mass is 9.94. The average Bonchev–Trinajstić information content (AvgIpc) is 2.70. The number of rotatable bonds is 4. The number of nitrogens with zero attached hydrogens (tertiary/aromatic N) is 1. The number of ether oxygens (including phenoxy) is 2. The van der Waals surface area contributed by atoms with Crippen LogP contribution < -0.4 is 0 Å². The molecule has 3 rings (SSSR count). The molecular formula is C20H17ClFNO5. The topological polar surface area (TPSA) is 72.9 Å². The van der Waals surface area contributed by atoms with Crippen LogP contribution in [0, 0.1) is 5.82 Å². The third kappa shape index (κ3) is 4.14. The van der Waals surface area contributed by atoms with Crippen LogP contribution in [0.25, 0.3) is 0 Å². The number of amides is 1. The zero-order valence-electron chi connectivity index (χ0n) is 15.0. The molecule has 1 aliphatic rings. The van der Waals surface area contributed by atoms with Crippen molar-refractivity contribution in [3.63, 3.8) is 0 Å². The van der Waals surface area contributed by atoms with Gasteiger partial charge in [-0.25, -0.2) is 14.0 Å². The molecule has 1 aliphatic heterocycles. The van der Waals surface area contributed by atoms with Crippen molar-refractivity contribution in [2.24, 2.45) is 0 Å². The van der Waals surface area contributed by atoms with Gasteiger partial charge in [-0.15, -0.1) is 0 Å². The van der Waals surface area contributed by atoms with Gasteiger partial charge in [-0.2, -0.15) is 0 Å². The van der Waals surface area contributed by atoms with Gasteiger partial charge in [0.1, 0.15) is 11.9 Å². The van der Waals surface area contributed by atoms with Gasteiger partial charge in [0.25, 0.3) is 5.91 Å². The number of hydrogen-bond donors (Lipinski definition) is 0. The predicted octanol–water partition coefficient (Wildman–Crippen LogP) is 2.76. The van der Waals surface area contributed by atoms with Crippen LogP contribution in [0.4, 0.5) is 4.39 Å². The van der Waals surface area contributed by atoms with E-state index in [9.17, 15) is 18.8 Å². The van der Waals surface area contributed by atoms with Crippen molar-refractivity contribution in [3.8, 4) is 0 Å². The highest BCUT2D eigenvalue weighted by atomic mass is 35.5. The molecule has 0 saturated carbocycles. The van der Waals surface area contributed by atoms with E-state index < -0.39 is 36.3 Å². The zero-order chi connectivity index (χ0) is 20.3. The summed E-state index contributed by atoms with van der Waals surface area (Å²) < 4.78 is 22.9. The van der Waals surface area contributed by atoms with Crippen LogP contribution in [-0.4, -0.2) is 42.5 Å². The lowest BCUT2D eigenvalue weighted by Gasteiger charge is -2.35. The third-order valence-electron chi connectivity index (χ3n) is 4.52. The minimum absolute atomic E-state index is 0.0515. The fourth-order valence-corrected chi connectivity index (χ4v) is 3.32. The van der Waals surface area contributed by atoms with Crippen molar-refractivity contribution in [2.45, 2.75) is 19.0 Å². The standard InChI is InChI=1S/C20H17ClFNO5/c1-27-20(26)17-8-12-4-2-3-5-13(12)10-23(17)18(24)11-28-19(25)15-7-6-14(22)9-16(15)21/h2-7,9,17H,8,10-11H2,1H3/t17-/m0/s1. The molecule has 0 aliphatic carbocycles. The van der Waals surface area contributed by atoms with Crippen molar-refractivity contribution in [2.75, 3.05) is 13.7 Å². The van der Waals surface area contributed by atoms with Crippen LogP contribution in [0.3, 0.4) is 0 Å². The van der Waals surface area contributed by atoms with Crippen molar-refractivity contribution in [3.05, 3.63) is 70.0 Å². The molecule has 0 spiro atoms. The van der Waals surface area contributed by atoms with E-state index >= 15 is 0 Å². The molecule has 1 heterocycles. The van der Waals surface area contributed by atoms with E-state index in [1.165, 1.54) is 18.1 Å². The maximum atomic E-state index is 13.1. The number of methoxy groups -OCH3 is 1. The maximum Gasteiger partial charge on any atom is 0.340 e. The first-order valence-corrected chi connectivity index (χ1v) is 8.84. The second-order valence-corrected chi connectivity index (χ2v) is 6.64. The Morgan fingerprint density at radius 3 is 2.57 bits per heavy atom. The summed E-state index contributed by atoms with van der Waals surface area (Å²) in [5, 5.41) is -0.114. The number of esters is 2. The van der Waals surface area contributed by atoms with Crippen LogP contribution in [0.1, 0.15) is 21.5 Å². The largest absolute Gasteiger partial charge is 0.467 e. The summed E-state index contributed by atoms with van der Waals surface area (Å²) in [5.74, 6) is -2.54. The molecule has 0 bridgehead atoms. The molecule has 0 fully saturated rings. The Morgan fingerprint density at radius 1 is 1.18 bits per heavy atom. The van der Waals surface area contributed by atoms with E-state index in [0.29, 0.717) is 6.42 Å². The molecule has 2 aromatic rings. The number of benzene rings is 2. The van der Waals surface area contributed by atoms with E-state index in [1.807, 2.05) is 24.3 Å². The summed E-state index contributed by atoms with van der Waals surface area (Å²) >= 11 is 5.83. The summed E-state index contributed by atoms with van der Waals surface area (Å²) in [6, 6.07) is 9.89. The number of carbonyl (C=O) groups is 3. The van der Waals surface area contributed by atoms with Gasteiger partial charge in [-0.3, -0.25) is 4.79 Å². The van der Waals surface area contributed by atoms with E-state index in [1.54, 1.807) is 0 Å². The molecule has 0 saturated heterocycles. The highest BCUT2D eigenvalue weighted by molar-refractivity contribution is 6.33. The molecule has 0 unspecified atom stereocenters. The number of hydrogen-bond acceptors (Lipinski definition) is 5. The zero-order valence-corrected chi connectivity index (χ0v) is 15.7. The van der Waals surface area contributed by atoms with Crippen LogP contribution in [0.5, 0.6) is 0 Å². The van der Waals surface area contributed by atoms with Crippen LogP contribution in [0.15, 0.2) is 42.5 Å². The summed E-state index contributed by atoms with van der Waals surface area (Å²) in [5.41, 5.74) is 1.81. The monoisotopic (exact) mass is 405 g/mol.